The Morgan fingerprint density at radius 3 is 2.14 bits per heavy atom. The number of aliphatic hydroxyl groups excluding tert-OH is 1. The van der Waals surface area contributed by atoms with Crippen molar-refractivity contribution in [3.05, 3.63) is 114 Å². The fraction of sp³-hybridized carbons (Fsp3) is 0.467. The van der Waals surface area contributed by atoms with Crippen LogP contribution in [-0.4, -0.2) is 51.7 Å². The molecule has 8 atom stereocenters. The van der Waals surface area contributed by atoms with Crippen LogP contribution in [0.1, 0.15) is 82.5 Å². The number of para-hydroxylation sites is 1. The Morgan fingerprint density at radius 1 is 0.804 bits per heavy atom. The third kappa shape index (κ3) is 5.03. The van der Waals surface area contributed by atoms with Gasteiger partial charge in [-0.05, 0) is 91.9 Å². The molecular formula is C45H52N2O4. The molecule has 266 valence electrons. The van der Waals surface area contributed by atoms with Crippen molar-refractivity contribution < 1.29 is 19.8 Å². The highest BCUT2D eigenvalue weighted by Gasteiger charge is 2.74. The summed E-state index contributed by atoms with van der Waals surface area (Å²) >= 11 is 0. The Kier molecular flexibility index (Phi) is 8.23. The van der Waals surface area contributed by atoms with E-state index in [-0.39, 0.29) is 41.0 Å². The van der Waals surface area contributed by atoms with Gasteiger partial charge in [0.25, 0.3) is 0 Å². The number of anilines is 1. The number of allylic oxidation sites excluding steroid dienone is 4. The molecule has 2 bridgehead atoms. The van der Waals surface area contributed by atoms with Gasteiger partial charge in [0.05, 0.1) is 18.2 Å². The minimum absolute atomic E-state index is 0.0198. The standard InChI is InChI=1S/C45H52N2O4/c1-4-27-47(40(50)46-34-13-9-6-10-14-34)30-44(51)24-21-38-42(44,3)23-20-37-41(2)22-19-35(48)28-43(41)25-26-45(37,38)36(29-43)39(49)33-17-15-32(16-18-33)31-11-7-5-8-12-31/h5-18,25-26,29,35,37-38,48,51H,4,19-24,27-28,30H2,1-3H3,(H,46,50)/t35?,37-,38-,41-,42+,43+,44-,45-/m1/s1. The van der Waals surface area contributed by atoms with Gasteiger partial charge in [0.2, 0.25) is 0 Å². The van der Waals surface area contributed by atoms with E-state index >= 15 is 4.79 Å². The molecule has 3 aromatic carbocycles. The predicted molar refractivity (Wildman–Crippen MR) is 202 cm³/mol. The lowest BCUT2D eigenvalue weighted by atomic mass is 9.32. The Bertz CT molecular complexity index is 1870. The van der Waals surface area contributed by atoms with E-state index in [1.165, 1.54) is 0 Å². The number of hydrogen-bond acceptors (Lipinski definition) is 4. The molecule has 6 aliphatic carbocycles. The molecule has 0 radical (unpaired) electrons. The van der Waals surface area contributed by atoms with Gasteiger partial charge in [-0.15, -0.1) is 0 Å². The zero-order valence-electron chi connectivity index (χ0n) is 30.3. The smallest absolute Gasteiger partial charge is 0.321 e. The Labute approximate surface area is 302 Å². The first-order valence-electron chi connectivity index (χ1n) is 19.1. The maximum absolute atomic E-state index is 15.0. The largest absolute Gasteiger partial charge is 0.393 e. The number of hydrogen-bond donors (Lipinski definition) is 3. The van der Waals surface area contributed by atoms with Gasteiger partial charge < -0.3 is 20.4 Å². The lowest BCUT2D eigenvalue weighted by Gasteiger charge is -2.71. The number of carbonyl (C=O) groups excluding carboxylic acids is 2. The van der Waals surface area contributed by atoms with E-state index in [0.717, 1.165) is 60.9 Å². The summed E-state index contributed by atoms with van der Waals surface area (Å²) in [4.78, 5) is 30.5. The summed E-state index contributed by atoms with van der Waals surface area (Å²) < 4.78 is 0. The molecule has 3 fully saturated rings. The molecule has 3 N–H and O–H groups in total. The Balaban J connectivity index is 1.17. The molecule has 6 aliphatic rings. The highest BCUT2D eigenvalue weighted by atomic mass is 16.3. The molecular weight excluding hydrogens is 633 g/mol. The van der Waals surface area contributed by atoms with Gasteiger partial charge in [0.1, 0.15) is 0 Å². The maximum atomic E-state index is 15.0. The van der Waals surface area contributed by atoms with Crippen LogP contribution < -0.4 is 5.32 Å². The number of amides is 2. The molecule has 0 aromatic heterocycles. The van der Waals surface area contributed by atoms with Crippen molar-refractivity contribution in [1.29, 1.82) is 0 Å². The van der Waals surface area contributed by atoms with Crippen molar-refractivity contribution in [2.75, 3.05) is 18.4 Å². The summed E-state index contributed by atoms with van der Waals surface area (Å²) in [6.07, 6.45) is 12.7. The average Bonchev–Trinajstić information content (AvgIpc) is 3.41. The molecule has 6 nitrogen and oxygen atoms in total. The van der Waals surface area contributed by atoms with Crippen LogP contribution >= 0.6 is 0 Å². The quantitative estimate of drug-likeness (QED) is 0.163. The van der Waals surface area contributed by atoms with E-state index in [0.29, 0.717) is 24.9 Å². The van der Waals surface area contributed by atoms with Crippen LogP contribution in [0.15, 0.2) is 109 Å². The Morgan fingerprint density at radius 2 is 1.43 bits per heavy atom. The minimum Gasteiger partial charge on any atom is -0.393 e. The topological polar surface area (TPSA) is 89.9 Å². The average molecular weight is 685 g/mol. The lowest BCUT2D eigenvalue weighted by Crippen LogP contribution is -2.67. The SMILES string of the molecule is CCCN(C[C@]1(O)CC[C@H]2[C@]34C=C[C@@]5(C=C3C(=O)c3ccc(-c6ccccc6)cc3)CC(O)CC[C@]5(C)[C@H]4CC[C@@]21C)C(=O)Nc1ccccc1. The van der Waals surface area contributed by atoms with Crippen LogP contribution in [0.2, 0.25) is 0 Å². The molecule has 2 amide bonds. The molecule has 3 saturated carbocycles. The van der Waals surface area contributed by atoms with Crippen molar-refractivity contribution in [3.63, 3.8) is 0 Å². The van der Waals surface area contributed by atoms with E-state index < -0.39 is 22.5 Å². The van der Waals surface area contributed by atoms with Gasteiger partial charge in [-0.1, -0.05) is 112 Å². The summed E-state index contributed by atoms with van der Waals surface area (Å²) in [6.45, 7) is 7.51. The van der Waals surface area contributed by atoms with Crippen LogP contribution in [0.3, 0.4) is 0 Å². The first-order chi connectivity index (χ1) is 24.5. The monoisotopic (exact) mass is 684 g/mol. The number of Topliss-reactive ketones (excluding diaryl/α,β-unsaturated/α-hetero) is 1. The zero-order valence-corrected chi connectivity index (χ0v) is 30.3. The van der Waals surface area contributed by atoms with Gasteiger partial charge in [-0.2, -0.15) is 0 Å². The van der Waals surface area contributed by atoms with Gasteiger partial charge in [0.15, 0.2) is 5.78 Å². The number of urea groups is 1. The zero-order chi connectivity index (χ0) is 35.6. The molecule has 2 spiro atoms. The number of rotatable bonds is 8. The second-order valence-electron chi connectivity index (χ2n) is 16.8. The lowest BCUT2D eigenvalue weighted by molar-refractivity contribution is -0.174. The van der Waals surface area contributed by atoms with E-state index in [4.69, 9.17) is 0 Å². The third-order valence-corrected chi connectivity index (χ3v) is 14.5. The second kappa shape index (κ2) is 12.3. The predicted octanol–water partition coefficient (Wildman–Crippen LogP) is 9.07. The normalized spacial score (nSPS) is 36.0. The summed E-state index contributed by atoms with van der Waals surface area (Å²) in [7, 11) is 0. The molecule has 0 heterocycles. The minimum atomic E-state index is -1.12. The summed E-state index contributed by atoms with van der Waals surface area (Å²) in [6, 6.07) is 27.6. The van der Waals surface area contributed by atoms with Crippen molar-refractivity contribution in [3.8, 4) is 11.1 Å². The van der Waals surface area contributed by atoms with Crippen LogP contribution in [0.5, 0.6) is 0 Å². The van der Waals surface area contributed by atoms with Gasteiger partial charge in [-0.25, -0.2) is 4.79 Å². The van der Waals surface area contributed by atoms with Crippen molar-refractivity contribution in [1.82, 2.24) is 4.90 Å². The molecule has 9 rings (SSSR count). The van der Waals surface area contributed by atoms with Crippen LogP contribution in [-0.2, 0) is 0 Å². The van der Waals surface area contributed by atoms with E-state index in [2.05, 4.69) is 56.4 Å². The fourth-order valence-corrected chi connectivity index (χ4v) is 11.8. The highest BCUT2D eigenvalue weighted by molar-refractivity contribution is 6.10. The number of carbonyl (C=O) groups is 2. The van der Waals surface area contributed by atoms with Crippen molar-refractivity contribution in [2.45, 2.75) is 83.8 Å². The van der Waals surface area contributed by atoms with Gasteiger partial charge in [0, 0.05) is 39.6 Å². The van der Waals surface area contributed by atoms with Gasteiger partial charge >= 0.3 is 6.03 Å². The molecule has 0 saturated heterocycles. The molecule has 51 heavy (non-hydrogen) atoms. The fourth-order valence-electron chi connectivity index (χ4n) is 11.8. The number of benzene rings is 3. The number of nitrogens with one attached hydrogen (secondary N) is 1. The number of aliphatic hydroxyl groups is 2. The summed E-state index contributed by atoms with van der Waals surface area (Å²) in [5, 5.41) is 27.0. The van der Waals surface area contributed by atoms with Crippen LogP contribution in [0, 0.1) is 33.5 Å². The van der Waals surface area contributed by atoms with Gasteiger partial charge in [-0.3, -0.25) is 4.79 Å². The van der Waals surface area contributed by atoms with E-state index in [1.54, 1.807) is 4.90 Å². The first kappa shape index (κ1) is 34.1. The molecule has 0 aliphatic heterocycles. The Hall–Kier alpha value is -4.00. The molecule has 3 aromatic rings. The summed E-state index contributed by atoms with van der Waals surface area (Å²) in [5.74, 6) is 0.287. The summed E-state index contributed by atoms with van der Waals surface area (Å²) in [5.41, 5.74) is 1.77. The molecule has 1 unspecified atom stereocenters. The third-order valence-electron chi connectivity index (χ3n) is 14.5. The molecule has 6 heteroatoms. The first-order valence-corrected chi connectivity index (χ1v) is 19.1. The number of ketones is 1. The maximum Gasteiger partial charge on any atom is 0.321 e. The van der Waals surface area contributed by atoms with Crippen LogP contribution in [0.4, 0.5) is 10.5 Å². The van der Waals surface area contributed by atoms with Crippen molar-refractivity contribution >= 4 is 17.5 Å². The van der Waals surface area contributed by atoms with Crippen molar-refractivity contribution in [2.24, 2.45) is 33.5 Å². The number of fused-ring (bicyclic) bond motifs is 1. The van der Waals surface area contributed by atoms with E-state index in [1.807, 2.05) is 72.8 Å². The highest BCUT2D eigenvalue weighted by Crippen LogP contribution is 2.78. The van der Waals surface area contributed by atoms with Crippen LogP contribution in [0.25, 0.3) is 11.1 Å². The van der Waals surface area contributed by atoms with E-state index in [9.17, 15) is 15.0 Å². The second-order valence-corrected chi connectivity index (χ2v) is 16.8. The number of nitrogens with zero attached hydrogens (tertiary/aromatic N) is 1.